The second-order valence-corrected chi connectivity index (χ2v) is 4.19. The Balaban J connectivity index is 3.20. The first-order valence-electron chi connectivity index (χ1n) is 3.80. The molecule has 3 N–H and O–H groups in total. The molecule has 78 valence electrons. The van der Waals surface area contributed by atoms with E-state index >= 15 is 0 Å². The van der Waals surface area contributed by atoms with Gasteiger partial charge in [-0.3, -0.25) is 4.55 Å². The van der Waals surface area contributed by atoms with Crippen molar-refractivity contribution in [3.63, 3.8) is 0 Å². The van der Waals surface area contributed by atoms with Gasteiger partial charge in [0.25, 0.3) is 10.1 Å². The average molecular weight is 217 g/mol. The van der Waals surface area contributed by atoms with Gasteiger partial charge in [0, 0.05) is 18.4 Å². The second-order valence-electron chi connectivity index (χ2n) is 2.77. The molecule has 6 heteroatoms. The van der Waals surface area contributed by atoms with Crippen LogP contribution in [0.2, 0.25) is 0 Å². The lowest BCUT2D eigenvalue weighted by molar-refractivity contribution is 0.185. The highest BCUT2D eigenvalue weighted by molar-refractivity contribution is 7.85. The Kier molecular flexibility index (Phi) is 3.10. The van der Waals surface area contributed by atoms with Crippen molar-refractivity contribution in [2.45, 2.75) is 11.5 Å². The summed E-state index contributed by atoms with van der Waals surface area (Å²) in [4.78, 5) is -0.182. The van der Waals surface area contributed by atoms with Gasteiger partial charge in [0.2, 0.25) is 0 Å². The Bertz CT molecular complexity index is 427. The van der Waals surface area contributed by atoms with Crippen LogP contribution in [0.15, 0.2) is 23.1 Å². The Labute approximate surface area is 82.2 Å². The number of hydrogen-bond acceptors (Lipinski definition) is 4. The standard InChI is InChI=1S/C8H11NO4S/c1-13-5-6-4-7(14(10,11)12)2-3-8(6)9/h2-4H,5,9H2,1H3,(H,10,11,12). The third kappa shape index (κ3) is 2.44. The van der Waals surface area contributed by atoms with E-state index in [0.29, 0.717) is 11.3 Å². The van der Waals surface area contributed by atoms with Gasteiger partial charge in [0.1, 0.15) is 0 Å². The highest BCUT2D eigenvalue weighted by atomic mass is 32.2. The number of nitrogen functional groups attached to an aromatic ring is 1. The Morgan fingerprint density at radius 1 is 1.50 bits per heavy atom. The van der Waals surface area contributed by atoms with E-state index in [0.717, 1.165) is 0 Å². The van der Waals surface area contributed by atoms with Gasteiger partial charge in [-0.25, -0.2) is 0 Å². The smallest absolute Gasteiger partial charge is 0.294 e. The monoisotopic (exact) mass is 217 g/mol. The fraction of sp³-hybridized carbons (Fsp3) is 0.250. The molecule has 5 nitrogen and oxygen atoms in total. The minimum Gasteiger partial charge on any atom is -0.398 e. The van der Waals surface area contributed by atoms with E-state index in [1.165, 1.54) is 25.3 Å². The van der Waals surface area contributed by atoms with Gasteiger partial charge in [-0.2, -0.15) is 8.42 Å². The van der Waals surface area contributed by atoms with Gasteiger partial charge in [-0.05, 0) is 18.2 Å². The van der Waals surface area contributed by atoms with Crippen molar-refractivity contribution in [2.75, 3.05) is 12.8 Å². The Morgan fingerprint density at radius 2 is 2.14 bits per heavy atom. The van der Waals surface area contributed by atoms with E-state index in [-0.39, 0.29) is 11.5 Å². The molecule has 0 aromatic heterocycles. The van der Waals surface area contributed by atoms with E-state index < -0.39 is 10.1 Å². The van der Waals surface area contributed by atoms with Crippen LogP contribution in [0.1, 0.15) is 5.56 Å². The van der Waals surface area contributed by atoms with Gasteiger partial charge in [0.15, 0.2) is 0 Å². The number of anilines is 1. The zero-order valence-electron chi connectivity index (χ0n) is 7.60. The summed E-state index contributed by atoms with van der Waals surface area (Å²) in [5, 5.41) is 0. The van der Waals surface area contributed by atoms with Crippen LogP contribution < -0.4 is 5.73 Å². The number of nitrogens with two attached hydrogens (primary N) is 1. The molecule has 0 saturated carbocycles. The molecule has 0 saturated heterocycles. The van der Waals surface area contributed by atoms with Crippen LogP contribution >= 0.6 is 0 Å². The molecular formula is C8H11NO4S. The van der Waals surface area contributed by atoms with Crippen molar-refractivity contribution in [3.05, 3.63) is 23.8 Å². The molecule has 0 amide bonds. The van der Waals surface area contributed by atoms with Gasteiger partial charge < -0.3 is 10.5 Å². The van der Waals surface area contributed by atoms with Crippen LogP contribution in [0.25, 0.3) is 0 Å². The van der Waals surface area contributed by atoms with Gasteiger partial charge in [-0.1, -0.05) is 0 Å². The first-order valence-corrected chi connectivity index (χ1v) is 5.24. The molecule has 0 fully saturated rings. The van der Waals surface area contributed by atoms with E-state index in [1.54, 1.807) is 0 Å². The highest BCUT2D eigenvalue weighted by Crippen LogP contribution is 2.18. The molecular weight excluding hydrogens is 206 g/mol. The largest absolute Gasteiger partial charge is 0.398 e. The average Bonchev–Trinajstić information content (AvgIpc) is 2.07. The molecule has 0 aliphatic rings. The maximum absolute atomic E-state index is 10.8. The van der Waals surface area contributed by atoms with Crippen LogP contribution in [0, 0.1) is 0 Å². The van der Waals surface area contributed by atoms with E-state index in [4.69, 9.17) is 15.0 Å². The van der Waals surface area contributed by atoms with E-state index in [2.05, 4.69) is 0 Å². The van der Waals surface area contributed by atoms with Gasteiger partial charge >= 0.3 is 0 Å². The maximum atomic E-state index is 10.8. The predicted molar refractivity (Wildman–Crippen MR) is 51.4 cm³/mol. The fourth-order valence-corrected chi connectivity index (χ4v) is 1.55. The SMILES string of the molecule is COCc1cc(S(=O)(=O)O)ccc1N. The van der Waals surface area contributed by atoms with Crippen molar-refractivity contribution < 1.29 is 17.7 Å². The van der Waals surface area contributed by atoms with E-state index in [9.17, 15) is 8.42 Å². The number of rotatable bonds is 3. The lowest BCUT2D eigenvalue weighted by Crippen LogP contribution is -2.02. The molecule has 0 atom stereocenters. The van der Waals surface area contributed by atoms with Gasteiger partial charge in [0.05, 0.1) is 11.5 Å². The molecule has 0 radical (unpaired) electrons. The minimum absolute atomic E-state index is 0.182. The Morgan fingerprint density at radius 3 is 2.64 bits per heavy atom. The topological polar surface area (TPSA) is 89.6 Å². The summed E-state index contributed by atoms with van der Waals surface area (Å²) < 4.78 is 35.1. The van der Waals surface area contributed by atoms with Crippen LogP contribution in [0.3, 0.4) is 0 Å². The summed E-state index contributed by atoms with van der Waals surface area (Å²) in [5.41, 5.74) is 6.52. The Hall–Kier alpha value is -1.11. The highest BCUT2D eigenvalue weighted by Gasteiger charge is 2.11. The number of benzene rings is 1. The molecule has 1 aromatic carbocycles. The lowest BCUT2D eigenvalue weighted by Gasteiger charge is -2.05. The van der Waals surface area contributed by atoms with Gasteiger partial charge in [-0.15, -0.1) is 0 Å². The predicted octanol–water partition coefficient (Wildman–Crippen LogP) is 0.662. The molecule has 0 unspecified atom stereocenters. The van der Waals surface area contributed by atoms with Crippen molar-refractivity contribution >= 4 is 15.8 Å². The molecule has 0 aliphatic heterocycles. The quantitative estimate of drug-likeness (QED) is 0.573. The summed E-state index contributed by atoms with van der Waals surface area (Å²) in [5.74, 6) is 0. The summed E-state index contributed by atoms with van der Waals surface area (Å²) in [6.07, 6.45) is 0. The minimum atomic E-state index is -4.17. The van der Waals surface area contributed by atoms with Crippen molar-refractivity contribution in [2.24, 2.45) is 0 Å². The summed E-state index contributed by atoms with van der Waals surface area (Å²) in [6.45, 7) is 0.204. The molecule has 0 spiro atoms. The number of hydrogen-bond donors (Lipinski definition) is 2. The number of ether oxygens (including phenoxy) is 1. The van der Waals surface area contributed by atoms with Crippen molar-refractivity contribution in [3.8, 4) is 0 Å². The van der Waals surface area contributed by atoms with Crippen LogP contribution in [-0.4, -0.2) is 20.1 Å². The summed E-state index contributed by atoms with van der Waals surface area (Å²) in [6, 6.07) is 3.94. The van der Waals surface area contributed by atoms with E-state index in [1.807, 2.05) is 0 Å². The first-order chi connectivity index (χ1) is 6.45. The van der Waals surface area contributed by atoms with Crippen LogP contribution in [-0.2, 0) is 21.5 Å². The molecule has 1 rings (SSSR count). The fourth-order valence-electron chi connectivity index (χ4n) is 1.02. The third-order valence-corrected chi connectivity index (χ3v) is 2.56. The van der Waals surface area contributed by atoms with Crippen molar-refractivity contribution in [1.82, 2.24) is 0 Å². The van der Waals surface area contributed by atoms with Crippen molar-refractivity contribution in [1.29, 1.82) is 0 Å². The molecule has 0 heterocycles. The normalized spacial score (nSPS) is 11.6. The number of methoxy groups -OCH3 is 1. The third-order valence-electron chi connectivity index (χ3n) is 1.71. The first kappa shape index (κ1) is 11.0. The zero-order chi connectivity index (χ0) is 10.8. The van der Waals surface area contributed by atoms with Crippen LogP contribution in [0.4, 0.5) is 5.69 Å². The van der Waals surface area contributed by atoms with Crippen LogP contribution in [0.5, 0.6) is 0 Å². The molecule has 0 bridgehead atoms. The summed E-state index contributed by atoms with van der Waals surface area (Å²) >= 11 is 0. The second kappa shape index (κ2) is 3.95. The lowest BCUT2D eigenvalue weighted by atomic mass is 10.2. The zero-order valence-corrected chi connectivity index (χ0v) is 8.41. The maximum Gasteiger partial charge on any atom is 0.294 e. The molecule has 14 heavy (non-hydrogen) atoms. The molecule has 1 aromatic rings. The summed E-state index contributed by atoms with van der Waals surface area (Å²) in [7, 11) is -2.70. The molecule has 0 aliphatic carbocycles.